The van der Waals surface area contributed by atoms with Gasteiger partial charge in [-0.05, 0) is 68.1 Å². The van der Waals surface area contributed by atoms with Gasteiger partial charge in [0.25, 0.3) is 0 Å². The number of anilines is 2. The third-order valence-electron chi connectivity index (χ3n) is 5.83. The quantitative estimate of drug-likeness (QED) is 0.534. The third-order valence-corrected chi connectivity index (χ3v) is 6.16. The van der Waals surface area contributed by atoms with Crippen LogP contribution < -0.4 is 20.7 Å². The molecule has 1 aromatic heterocycles. The summed E-state index contributed by atoms with van der Waals surface area (Å²) >= 11 is 6.07. The lowest BCUT2D eigenvalue weighted by atomic mass is 10.0. The highest BCUT2D eigenvalue weighted by Gasteiger charge is 2.21. The van der Waals surface area contributed by atoms with Crippen molar-refractivity contribution in [3.63, 3.8) is 0 Å². The standard InChI is InChI=1S/C25H25ClN6O2/c1-15-11-17(14-27)12-16(2)23(15)34-22-5-8-29-25(31-22)30-18-6-9-32(10-7-18)19-3-4-21(26)20(13-19)24(28)33/h3-5,8,11-13,18H,6-7,9-10H2,1-2H3,(H2,28,33)(H,29,30,31). The summed E-state index contributed by atoms with van der Waals surface area (Å²) in [7, 11) is 0. The van der Waals surface area contributed by atoms with Crippen LogP contribution >= 0.6 is 11.6 Å². The Kier molecular flexibility index (Phi) is 6.85. The molecule has 8 nitrogen and oxygen atoms in total. The van der Waals surface area contributed by atoms with Crippen molar-refractivity contribution in [2.24, 2.45) is 5.73 Å². The highest BCUT2D eigenvalue weighted by atomic mass is 35.5. The topological polar surface area (TPSA) is 117 Å². The van der Waals surface area contributed by atoms with Crippen LogP contribution in [0.15, 0.2) is 42.6 Å². The van der Waals surface area contributed by atoms with Crippen molar-refractivity contribution in [2.45, 2.75) is 32.7 Å². The fourth-order valence-corrected chi connectivity index (χ4v) is 4.32. The number of nitrogens with two attached hydrogens (primary N) is 1. The van der Waals surface area contributed by atoms with E-state index in [2.05, 4.69) is 26.3 Å². The average molecular weight is 477 g/mol. The Labute approximate surface area is 203 Å². The summed E-state index contributed by atoms with van der Waals surface area (Å²) in [4.78, 5) is 22.7. The fraction of sp³-hybridized carbons (Fsp3) is 0.280. The van der Waals surface area contributed by atoms with E-state index >= 15 is 0 Å². The molecule has 1 aliphatic rings. The van der Waals surface area contributed by atoms with Crippen molar-refractivity contribution in [3.05, 3.63) is 69.9 Å². The van der Waals surface area contributed by atoms with Gasteiger partial charge in [0.05, 0.1) is 22.2 Å². The molecule has 1 aliphatic heterocycles. The first kappa shape index (κ1) is 23.3. The second-order valence-electron chi connectivity index (χ2n) is 8.31. The summed E-state index contributed by atoms with van der Waals surface area (Å²) in [6, 6.07) is 13.0. The van der Waals surface area contributed by atoms with Gasteiger partial charge in [-0.2, -0.15) is 10.2 Å². The van der Waals surface area contributed by atoms with Crippen LogP contribution in [-0.2, 0) is 0 Å². The molecule has 0 bridgehead atoms. The normalized spacial score (nSPS) is 13.9. The summed E-state index contributed by atoms with van der Waals surface area (Å²) in [5, 5.41) is 12.9. The minimum absolute atomic E-state index is 0.202. The molecule has 3 N–H and O–H groups in total. The smallest absolute Gasteiger partial charge is 0.250 e. The first-order chi connectivity index (χ1) is 16.3. The van der Waals surface area contributed by atoms with E-state index in [-0.39, 0.29) is 6.04 Å². The molecule has 9 heteroatoms. The van der Waals surface area contributed by atoms with Crippen molar-refractivity contribution in [1.82, 2.24) is 9.97 Å². The Bertz CT molecular complexity index is 1240. The number of nitrogens with one attached hydrogen (secondary N) is 1. The van der Waals surface area contributed by atoms with Crippen LogP contribution in [0.3, 0.4) is 0 Å². The molecule has 3 aromatic rings. The summed E-state index contributed by atoms with van der Waals surface area (Å²) in [6.45, 7) is 5.42. The molecular weight excluding hydrogens is 452 g/mol. The molecule has 0 atom stereocenters. The van der Waals surface area contributed by atoms with Gasteiger partial charge < -0.3 is 20.7 Å². The van der Waals surface area contributed by atoms with Crippen molar-refractivity contribution < 1.29 is 9.53 Å². The minimum Gasteiger partial charge on any atom is -0.438 e. The van der Waals surface area contributed by atoms with Gasteiger partial charge in [-0.1, -0.05) is 11.6 Å². The van der Waals surface area contributed by atoms with Gasteiger partial charge in [-0.25, -0.2) is 4.98 Å². The number of carbonyl (C=O) groups excluding carboxylic acids is 1. The van der Waals surface area contributed by atoms with Crippen LogP contribution in [0.25, 0.3) is 0 Å². The molecule has 0 unspecified atom stereocenters. The summed E-state index contributed by atoms with van der Waals surface area (Å²) in [5.41, 5.74) is 9.03. The molecule has 34 heavy (non-hydrogen) atoms. The van der Waals surface area contributed by atoms with Gasteiger partial charge in [0.1, 0.15) is 5.75 Å². The highest BCUT2D eigenvalue weighted by molar-refractivity contribution is 6.33. The van der Waals surface area contributed by atoms with Crippen molar-refractivity contribution in [3.8, 4) is 17.7 Å². The lowest BCUT2D eigenvalue weighted by Gasteiger charge is -2.34. The number of ether oxygens (including phenoxy) is 1. The van der Waals surface area contributed by atoms with E-state index in [9.17, 15) is 4.79 Å². The van der Waals surface area contributed by atoms with Gasteiger partial charge >= 0.3 is 0 Å². The van der Waals surface area contributed by atoms with E-state index in [0.29, 0.717) is 33.7 Å². The lowest BCUT2D eigenvalue weighted by Crippen LogP contribution is -2.39. The van der Waals surface area contributed by atoms with Crippen molar-refractivity contribution >= 4 is 29.1 Å². The van der Waals surface area contributed by atoms with E-state index in [1.807, 2.05) is 19.9 Å². The average Bonchev–Trinajstić information content (AvgIpc) is 2.82. The molecule has 1 amide bonds. The number of hydrogen-bond donors (Lipinski definition) is 2. The Hall–Kier alpha value is -3.83. The van der Waals surface area contributed by atoms with Crippen molar-refractivity contribution in [2.75, 3.05) is 23.3 Å². The van der Waals surface area contributed by atoms with Gasteiger partial charge in [-0.15, -0.1) is 0 Å². The zero-order valence-corrected chi connectivity index (χ0v) is 19.8. The Morgan fingerprint density at radius 2 is 1.91 bits per heavy atom. The third kappa shape index (κ3) is 5.21. The van der Waals surface area contributed by atoms with Gasteiger partial charge in [0.2, 0.25) is 17.7 Å². The van der Waals surface area contributed by atoms with E-state index < -0.39 is 5.91 Å². The Balaban J connectivity index is 1.39. The zero-order chi connectivity index (χ0) is 24.2. The molecule has 174 valence electrons. The number of halogens is 1. The maximum Gasteiger partial charge on any atom is 0.250 e. The predicted molar refractivity (Wildman–Crippen MR) is 132 cm³/mol. The van der Waals surface area contributed by atoms with E-state index in [1.165, 1.54) is 0 Å². The number of amides is 1. The fourth-order valence-electron chi connectivity index (χ4n) is 4.11. The van der Waals surface area contributed by atoms with Crippen LogP contribution in [-0.4, -0.2) is 35.0 Å². The number of benzene rings is 2. The number of primary amides is 1. The maximum atomic E-state index is 11.6. The largest absolute Gasteiger partial charge is 0.438 e. The predicted octanol–water partition coefficient (Wildman–Crippen LogP) is 4.59. The van der Waals surface area contributed by atoms with Crippen molar-refractivity contribution in [1.29, 1.82) is 5.26 Å². The van der Waals surface area contributed by atoms with Crippen LogP contribution in [0.4, 0.5) is 11.6 Å². The van der Waals surface area contributed by atoms with Gasteiger partial charge in [-0.3, -0.25) is 4.79 Å². The van der Waals surface area contributed by atoms with E-state index in [4.69, 9.17) is 27.3 Å². The second-order valence-corrected chi connectivity index (χ2v) is 8.71. The molecule has 0 spiro atoms. The second kappa shape index (κ2) is 9.98. The molecule has 4 rings (SSSR count). The lowest BCUT2D eigenvalue weighted by molar-refractivity contribution is 0.100. The number of rotatable bonds is 6. The Morgan fingerprint density at radius 3 is 2.56 bits per heavy atom. The molecule has 1 saturated heterocycles. The van der Waals surface area contributed by atoms with Gasteiger partial charge in [0.15, 0.2) is 0 Å². The number of nitrogens with zero attached hydrogens (tertiary/aromatic N) is 4. The number of aromatic nitrogens is 2. The Morgan fingerprint density at radius 1 is 1.21 bits per heavy atom. The molecule has 2 heterocycles. The number of nitriles is 1. The number of carbonyl (C=O) groups is 1. The number of aryl methyl sites for hydroxylation is 2. The maximum absolute atomic E-state index is 11.6. The summed E-state index contributed by atoms with van der Waals surface area (Å²) in [5.74, 6) is 1.10. The molecule has 1 fully saturated rings. The molecule has 0 aliphatic carbocycles. The minimum atomic E-state index is -0.533. The SMILES string of the molecule is Cc1cc(C#N)cc(C)c1Oc1ccnc(NC2CCN(c3ccc(Cl)c(C(N)=O)c3)CC2)n1. The van der Waals surface area contributed by atoms with Crippen LogP contribution in [0, 0.1) is 25.2 Å². The molecular formula is C25H25ClN6O2. The molecule has 0 saturated carbocycles. The molecule has 2 aromatic carbocycles. The molecule has 0 radical (unpaired) electrons. The van der Waals surface area contributed by atoms with E-state index in [0.717, 1.165) is 42.7 Å². The van der Waals surface area contributed by atoms with Crippen LogP contribution in [0.2, 0.25) is 5.02 Å². The summed E-state index contributed by atoms with van der Waals surface area (Å²) < 4.78 is 6.03. The number of piperidine rings is 1. The first-order valence-electron chi connectivity index (χ1n) is 11.0. The number of hydrogen-bond acceptors (Lipinski definition) is 7. The van der Waals surface area contributed by atoms with Crippen LogP contribution in [0.1, 0.15) is 39.9 Å². The zero-order valence-electron chi connectivity index (χ0n) is 19.0. The summed E-state index contributed by atoms with van der Waals surface area (Å²) in [6.07, 6.45) is 3.40. The highest BCUT2D eigenvalue weighted by Crippen LogP contribution is 2.30. The monoisotopic (exact) mass is 476 g/mol. The van der Waals surface area contributed by atoms with E-state index in [1.54, 1.807) is 36.5 Å². The van der Waals surface area contributed by atoms with Gasteiger partial charge in [0, 0.05) is 37.1 Å². The first-order valence-corrected chi connectivity index (χ1v) is 11.3. The van der Waals surface area contributed by atoms with Crippen LogP contribution in [0.5, 0.6) is 11.6 Å².